The number of carbonyl (C=O) groups excluding carboxylic acids is 1. The van der Waals surface area contributed by atoms with Crippen molar-refractivity contribution in [1.82, 2.24) is 10.4 Å². The van der Waals surface area contributed by atoms with Gasteiger partial charge in [-0.15, -0.1) is 0 Å². The molecule has 1 fully saturated rings. The maximum Gasteiger partial charge on any atom is 0.257 e. The summed E-state index contributed by atoms with van der Waals surface area (Å²) in [6.07, 6.45) is 0. The van der Waals surface area contributed by atoms with Crippen molar-refractivity contribution in [1.29, 1.82) is 0 Å². The third kappa shape index (κ3) is 1.95. The number of carbonyl (C=O) groups is 1. The molecule has 0 bridgehead atoms. The summed E-state index contributed by atoms with van der Waals surface area (Å²) in [4.78, 5) is 17.7. The Morgan fingerprint density at radius 1 is 1.67 bits per heavy atom. The minimum Gasteiger partial charge on any atom is -0.291 e. The molecule has 1 saturated heterocycles. The first kappa shape index (κ1) is 9.48. The fourth-order valence-corrected chi connectivity index (χ4v) is 1.45. The van der Waals surface area contributed by atoms with Gasteiger partial charge in [0.25, 0.3) is 5.91 Å². The number of nitrogens with one attached hydrogen (secondary N) is 1. The topological polar surface area (TPSA) is 41.6 Å². The summed E-state index contributed by atoms with van der Waals surface area (Å²) >= 11 is 0. The van der Waals surface area contributed by atoms with Gasteiger partial charge in [0.05, 0.1) is 13.7 Å². The minimum absolute atomic E-state index is 0.0729. The van der Waals surface area contributed by atoms with Crippen molar-refractivity contribution in [3.05, 3.63) is 0 Å². The Hall–Kier alpha value is -0.610. The second-order valence-electron chi connectivity index (χ2n) is 3.38. The molecule has 2 unspecified atom stereocenters. The van der Waals surface area contributed by atoms with E-state index in [1.165, 1.54) is 7.11 Å². The highest BCUT2D eigenvalue weighted by molar-refractivity contribution is 5.77. The van der Waals surface area contributed by atoms with Crippen LogP contribution < -0.4 is 5.48 Å². The summed E-state index contributed by atoms with van der Waals surface area (Å²) in [6, 6.07) is 0.521. The number of rotatable bonds is 3. The summed E-state index contributed by atoms with van der Waals surface area (Å²) in [5.41, 5.74) is 2.30. The van der Waals surface area contributed by atoms with Crippen LogP contribution >= 0.6 is 0 Å². The zero-order chi connectivity index (χ0) is 9.14. The Kier molecular flexibility index (Phi) is 3.05. The first-order valence-electron chi connectivity index (χ1n) is 4.21. The average Bonchev–Trinajstić information content (AvgIpc) is 2.04. The lowest BCUT2D eigenvalue weighted by atomic mass is 9.92. The van der Waals surface area contributed by atoms with Gasteiger partial charge in [0.15, 0.2) is 0 Å². The summed E-state index contributed by atoms with van der Waals surface area (Å²) in [5, 5.41) is 0. The second-order valence-corrected chi connectivity index (χ2v) is 3.38. The van der Waals surface area contributed by atoms with E-state index < -0.39 is 0 Å². The predicted molar refractivity (Wildman–Crippen MR) is 45.4 cm³/mol. The van der Waals surface area contributed by atoms with E-state index in [1.54, 1.807) is 0 Å². The number of hydrogen-bond donors (Lipinski definition) is 1. The zero-order valence-corrected chi connectivity index (χ0v) is 7.83. The molecule has 0 aromatic rings. The predicted octanol–water partition coefficient (Wildman–Crippen LogP) is 0.00420. The smallest absolute Gasteiger partial charge is 0.257 e. The molecule has 1 aliphatic heterocycles. The number of nitrogens with zero attached hydrogens (tertiary/aromatic N) is 1. The third-order valence-electron chi connectivity index (χ3n) is 2.48. The molecule has 4 nitrogen and oxygen atoms in total. The van der Waals surface area contributed by atoms with E-state index in [2.05, 4.69) is 29.1 Å². The SMILES string of the molecule is CONC(=O)CN1CC(C)C1C. The van der Waals surface area contributed by atoms with Crippen molar-refractivity contribution in [2.45, 2.75) is 19.9 Å². The van der Waals surface area contributed by atoms with Crippen LogP contribution in [-0.4, -0.2) is 37.0 Å². The van der Waals surface area contributed by atoms with Crippen molar-refractivity contribution in [3.8, 4) is 0 Å². The van der Waals surface area contributed by atoms with Gasteiger partial charge >= 0.3 is 0 Å². The molecule has 0 aromatic carbocycles. The van der Waals surface area contributed by atoms with Gasteiger partial charge in [0, 0.05) is 12.6 Å². The number of amides is 1. The average molecular weight is 172 g/mol. The number of likely N-dealkylation sites (tertiary alicyclic amines) is 1. The van der Waals surface area contributed by atoms with Crippen molar-refractivity contribution in [3.63, 3.8) is 0 Å². The van der Waals surface area contributed by atoms with Gasteiger partial charge in [-0.3, -0.25) is 14.5 Å². The van der Waals surface area contributed by atoms with Gasteiger partial charge < -0.3 is 0 Å². The molecule has 1 aliphatic rings. The van der Waals surface area contributed by atoms with Crippen LogP contribution in [0.4, 0.5) is 0 Å². The van der Waals surface area contributed by atoms with E-state index in [1.807, 2.05) is 0 Å². The molecule has 1 N–H and O–H groups in total. The fourth-order valence-electron chi connectivity index (χ4n) is 1.45. The number of hydrogen-bond acceptors (Lipinski definition) is 3. The highest BCUT2D eigenvalue weighted by Gasteiger charge is 2.32. The van der Waals surface area contributed by atoms with Crippen molar-refractivity contribution < 1.29 is 9.63 Å². The van der Waals surface area contributed by atoms with E-state index in [0.29, 0.717) is 18.5 Å². The maximum absolute atomic E-state index is 11.0. The normalized spacial score (nSPS) is 29.6. The Labute approximate surface area is 72.8 Å². The summed E-state index contributed by atoms with van der Waals surface area (Å²) in [7, 11) is 1.44. The monoisotopic (exact) mass is 172 g/mol. The molecule has 12 heavy (non-hydrogen) atoms. The third-order valence-corrected chi connectivity index (χ3v) is 2.48. The molecular formula is C8H16N2O2. The molecule has 70 valence electrons. The first-order chi connectivity index (χ1) is 5.65. The summed E-state index contributed by atoms with van der Waals surface area (Å²) in [5.74, 6) is 0.636. The molecular weight excluding hydrogens is 156 g/mol. The van der Waals surface area contributed by atoms with Crippen LogP contribution in [0, 0.1) is 5.92 Å². The van der Waals surface area contributed by atoms with Crippen LogP contribution in [-0.2, 0) is 9.63 Å². The van der Waals surface area contributed by atoms with Crippen LogP contribution in [0.15, 0.2) is 0 Å². The van der Waals surface area contributed by atoms with Crippen LogP contribution in [0.2, 0.25) is 0 Å². The van der Waals surface area contributed by atoms with E-state index >= 15 is 0 Å². The largest absolute Gasteiger partial charge is 0.291 e. The van der Waals surface area contributed by atoms with Crippen molar-refractivity contribution >= 4 is 5.91 Å². The van der Waals surface area contributed by atoms with Crippen molar-refractivity contribution in [2.24, 2.45) is 5.92 Å². The number of hydroxylamine groups is 1. The van der Waals surface area contributed by atoms with E-state index in [0.717, 1.165) is 6.54 Å². The molecule has 4 heteroatoms. The lowest BCUT2D eigenvalue weighted by Gasteiger charge is -2.44. The summed E-state index contributed by atoms with van der Waals surface area (Å²) in [6.45, 7) is 5.78. The van der Waals surface area contributed by atoms with E-state index in [-0.39, 0.29) is 5.91 Å². The van der Waals surface area contributed by atoms with Crippen molar-refractivity contribution in [2.75, 3.05) is 20.2 Å². The van der Waals surface area contributed by atoms with Crippen LogP contribution in [0.1, 0.15) is 13.8 Å². The molecule has 0 aromatic heterocycles. The zero-order valence-electron chi connectivity index (χ0n) is 7.83. The lowest BCUT2D eigenvalue weighted by Crippen LogP contribution is -2.56. The van der Waals surface area contributed by atoms with Gasteiger partial charge in [-0.1, -0.05) is 6.92 Å². The van der Waals surface area contributed by atoms with Gasteiger partial charge in [-0.2, -0.15) is 0 Å². The molecule has 0 radical (unpaired) electrons. The molecule has 1 amide bonds. The molecule has 2 atom stereocenters. The van der Waals surface area contributed by atoms with Gasteiger partial charge in [0.1, 0.15) is 0 Å². The molecule has 1 rings (SSSR count). The summed E-state index contributed by atoms with van der Waals surface area (Å²) < 4.78 is 0. The van der Waals surface area contributed by atoms with E-state index in [9.17, 15) is 4.79 Å². The van der Waals surface area contributed by atoms with Crippen LogP contribution in [0.5, 0.6) is 0 Å². The highest BCUT2D eigenvalue weighted by Crippen LogP contribution is 2.22. The molecule has 0 aliphatic carbocycles. The van der Waals surface area contributed by atoms with Crippen LogP contribution in [0.25, 0.3) is 0 Å². The minimum atomic E-state index is -0.0729. The maximum atomic E-state index is 11.0. The van der Waals surface area contributed by atoms with Gasteiger partial charge in [-0.25, -0.2) is 5.48 Å². The standard InChI is InChI=1S/C8H16N2O2/c1-6-4-10(7(6)2)5-8(11)9-12-3/h6-7H,4-5H2,1-3H3,(H,9,11). The first-order valence-corrected chi connectivity index (χ1v) is 4.21. The lowest BCUT2D eigenvalue weighted by molar-refractivity contribution is -0.135. The second kappa shape index (κ2) is 3.87. The molecule has 0 spiro atoms. The molecule has 1 heterocycles. The van der Waals surface area contributed by atoms with Gasteiger partial charge in [-0.05, 0) is 12.8 Å². The Balaban J connectivity index is 2.20. The van der Waals surface area contributed by atoms with Gasteiger partial charge in [0.2, 0.25) is 0 Å². The Morgan fingerprint density at radius 3 is 2.75 bits per heavy atom. The molecule has 0 saturated carbocycles. The van der Waals surface area contributed by atoms with Crippen LogP contribution in [0.3, 0.4) is 0 Å². The van der Waals surface area contributed by atoms with E-state index in [4.69, 9.17) is 0 Å². The highest BCUT2D eigenvalue weighted by atomic mass is 16.6. The Bertz CT molecular complexity index is 172. The fraction of sp³-hybridized carbons (Fsp3) is 0.875. The Morgan fingerprint density at radius 2 is 2.33 bits per heavy atom. The quantitative estimate of drug-likeness (QED) is 0.609.